The van der Waals surface area contributed by atoms with Gasteiger partial charge in [-0.05, 0) is 6.07 Å². The van der Waals surface area contributed by atoms with Gasteiger partial charge in [-0.25, -0.2) is 0 Å². The highest BCUT2D eigenvalue weighted by Crippen LogP contribution is 2.37. The summed E-state index contributed by atoms with van der Waals surface area (Å²) in [5.74, 6) is -3.38. The van der Waals surface area contributed by atoms with E-state index < -0.39 is 17.8 Å². The van der Waals surface area contributed by atoms with Crippen LogP contribution in [0, 0.1) is 0 Å². The van der Waals surface area contributed by atoms with E-state index in [1.165, 1.54) is 19.2 Å². The predicted octanol–water partition coefficient (Wildman–Crippen LogP) is -0.638. The Hall–Kier alpha value is -1.63. The Morgan fingerprint density at radius 3 is 2.75 bits per heavy atom. The fourth-order valence-electron chi connectivity index (χ4n) is 1.56. The lowest BCUT2D eigenvalue weighted by Crippen LogP contribution is -2.51. The number of fused-ring (bicyclic) bond motifs is 1. The molecule has 0 spiro atoms. The number of hydrogen-bond donors (Lipinski definition) is 4. The van der Waals surface area contributed by atoms with Gasteiger partial charge in [-0.15, -0.1) is 0 Å². The maximum Gasteiger partial charge on any atom is 0.287 e. The molecule has 16 heavy (non-hydrogen) atoms. The number of ether oxygens (including phenoxy) is 1. The van der Waals surface area contributed by atoms with Gasteiger partial charge in [-0.3, -0.25) is 4.79 Å². The van der Waals surface area contributed by atoms with Crippen molar-refractivity contribution in [3.05, 3.63) is 23.8 Å². The van der Waals surface area contributed by atoms with Crippen molar-refractivity contribution < 1.29 is 24.9 Å². The summed E-state index contributed by atoms with van der Waals surface area (Å²) in [6, 6.07) is 4.50. The van der Waals surface area contributed by atoms with E-state index in [4.69, 9.17) is 4.74 Å². The van der Waals surface area contributed by atoms with Crippen LogP contribution in [0.2, 0.25) is 0 Å². The SMILES string of the molecule is COc1ccc2c(c1)NC(=O)C(O)(O)C2O. The van der Waals surface area contributed by atoms with Crippen LogP contribution in [-0.2, 0) is 4.79 Å². The Kier molecular flexibility index (Phi) is 2.34. The van der Waals surface area contributed by atoms with Crippen molar-refractivity contribution in [3.8, 4) is 5.75 Å². The number of aliphatic hydroxyl groups excluding tert-OH is 1. The second-order valence-electron chi connectivity index (χ2n) is 3.54. The van der Waals surface area contributed by atoms with E-state index in [0.29, 0.717) is 11.4 Å². The number of anilines is 1. The molecule has 1 atom stereocenters. The first-order valence-electron chi connectivity index (χ1n) is 4.59. The second-order valence-corrected chi connectivity index (χ2v) is 3.54. The average molecular weight is 225 g/mol. The summed E-state index contributed by atoms with van der Waals surface area (Å²) in [6.45, 7) is 0. The molecular weight excluding hydrogens is 214 g/mol. The van der Waals surface area contributed by atoms with Crippen LogP contribution in [0.3, 0.4) is 0 Å². The summed E-state index contributed by atoms with van der Waals surface area (Å²) < 4.78 is 4.94. The quantitative estimate of drug-likeness (QED) is 0.476. The van der Waals surface area contributed by atoms with Gasteiger partial charge in [-0.2, -0.15) is 0 Å². The maximum atomic E-state index is 11.3. The van der Waals surface area contributed by atoms with E-state index >= 15 is 0 Å². The molecule has 2 rings (SSSR count). The van der Waals surface area contributed by atoms with Crippen LogP contribution in [0.5, 0.6) is 5.75 Å². The standard InChI is InChI=1S/C10H11NO5/c1-16-5-2-3-6-7(4-5)11-9(13)10(14,15)8(6)12/h2-4,8,12,14-15H,1H3,(H,11,13). The van der Waals surface area contributed by atoms with Crippen molar-refractivity contribution in [1.82, 2.24) is 0 Å². The normalized spacial score (nSPS) is 22.2. The van der Waals surface area contributed by atoms with Crippen LogP contribution in [0.15, 0.2) is 18.2 Å². The van der Waals surface area contributed by atoms with E-state index in [-0.39, 0.29) is 5.56 Å². The molecule has 0 saturated carbocycles. The Morgan fingerprint density at radius 2 is 2.12 bits per heavy atom. The van der Waals surface area contributed by atoms with Gasteiger partial charge in [0, 0.05) is 11.6 Å². The lowest BCUT2D eigenvalue weighted by Gasteiger charge is -2.32. The minimum absolute atomic E-state index is 0.227. The second kappa shape index (κ2) is 3.44. The fourth-order valence-corrected chi connectivity index (χ4v) is 1.56. The topological polar surface area (TPSA) is 99.0 Å². The summed E-state index contributed by atoms with van der Waals surface area (Å²) in [7, 11) is 1.46. The first-order valence-corrected chi connectivity index (χ1v) is 4.59. The Morgan fingerprint density at radius 1 is 1.44 bits per heavy atom. The van der Waals surface area contributed by atoms with Gasteiger partial charge < -0.3 is 25.4 Å². The minimum Gasteiger partial charge on any atom is -0.497 e. The van der Waals surface area contributed by atoms with Crippen molar-refractivity contribution in [2.45, 2.75) is 11.9 Å². The maximum absolute atomic E-state index is 11.3. The number of rotatable bonds is 1. The molecule has 6 heteroatoms. The number of amides is 1. The lowest BCUT2D eigenvalue weighted by atomic mass is 9.94. The molecule has 6 nitrogen and oxygen atoms in total. The number of hydrogen-bond acceptors (Lipinski definition) is 5. The van der Waals surface area contributed by atoms with Crippen molar-refractivity contribution in [2.24, 2.45) is 0 Å². The summed E-state index contributed by atoms with van der Waals surface area (Å²) in [6.07, 6.45) is -1.68. The zero-order chi connectivity index (χ0) is 11.9. The number of aliphatic hydroxyl groups is 3. The van der Waals surface area contributed by atoms with Crippen molar-refractivity contribution >= 4 is 11.6 Å². The summed E-state index contributed by atoms with van der Waals surface area (Å²) >= 11 is 0. The largest absolute Gasteiger partial charge is 0.497 e. The van der Waals surface area contributed by atoms with Gasteiger partial charge in [0.25, 0.3) is 11.7 Å². The highest BCUT2D eigenvalue weighted by molar-refractivity contribution is 5.99. The highest BCUT2D eigenvalue weighted by Gasteiger charge is 2.47. The molecule has 4 N–H and O–H groups in total. The smallest absolute Gasteiger partial charge is 0.287 e. The number of carbonyl (C=O) groups is 1. The summed E-state index contributed by atoms with van der Waals surface area (Å²) in [5, 5.41) is 30.6. The number of benzene rings is 1. The van der Waals surface area contributed by atoms with Gasteiger partial charge in [0.1, 0.15) is 11.9 Å². The number of nitrogens with one attached hydrogen (secondary N) is 1. The third-order valence-electron chi connectivity index (χ3n) is 2.52. The molecule has 0 aromatic heterocycles. The molecular formula is C10H11NO5. The Balaban J connectivity index is 2.51. The highest BCUT2D eigenvalue weighted by atomic mass is 16.5. The van der Waals surface area contributed by atoms with Gasteiger partial charge in [0.2, 0.25) is 0 Å². The third kappa shape index (κ3) is 1.44. The lowest BCUT2D eigenvalue weighted by molar-refractivity contribution is -0.220. The van der Waals surface area contributed by atoms with Gasteiger partial charge in [-0.1, -0.05) is 6.07 Å². The Labute approximate surface area is 91.1 Å². The Bertz CT molecular complexity index is 443. The number of carbonyl (C=O) groups excluding carboxylic acids is 1. The van der Waals surface area contributed by atoms with Crippen LogP contribution < -0.4 is 10.1 Å². The summed E-state index contributed by atoms with van der Waals surface area (Å²) in [4.78, 5) is 11.3. The number of methoxy groups -OCH3 is 1. The molecule has 1 unspecified atom stereocenters. The van der Waals surface area contributed by atoms with Crippen LogP contribution in [-0.4, -0.2) is 34.1 Å². The van der Waals surface area contributed by atoms with Crippen LogP contribution >= 0.6 is 0 Å². The minimum atomic E-state index is -2.80. The summed E-state index contributed by atoms with van der Waals surface area (Å²) in [5.41, 5.74) is 0.529. The average Bonchev–Trinajstić information content (AvgIpc) is 2.26. The van der Waals surface area contributed by atoms with Crippen LogP contribution in [0.1, 0.15) is 11.7 Å². The van der Waals surface area contributed by atoms with Crippen LogP contribution in [0.25, 0.3) is 0 Å². The van der Waals surface area contributed by atoms with E-state index in [2.05, 4.69) is 5.32 Å². The molecule has 1 aromatic rings. The van der Waals surface area contributed by atoms with Crippen LogP contribution in [0.4, 0.5) is 5.69 Å². The molecule has 1 aromatic carbocycles. The molecule has 1 amide bonds. The van der Waals surface area contributed by atoms with E-state index in [0.717, 1.165) is 0 Å². The van der Waals surface area contributed by atoms with E-state index in [1.807, 2.05) is 0 Å². The zero-order valence-electron chi connectivity index (χ0n) is 8.47. The van der Waals surface area contributed by atoms with Crippen molar-refractivity contribution in [2.75, 3.05) is 12.4 Å². The molecule has 1 aliphatic rings. The first-order chi connectivity index (χ1) is 7.46. The molecule has 86 valence electrons. The third-order valence-corrected chi connectivity index (χ3v) is 2.52. The zero-order valence-corrected chi connectivity index (χ0v) is 8.47. The monoisotopic (exact) mass is 225 g/mol. The van der Waals surface area contributed by atoms with Crippen molar-refractivity contribution in [1.29, 1.82) is 0 Å². The predicted molar refractivity (Wildman–Crippen MR) is 53.8 cm³/mol. The molecule has 0 aliphatic carbocycles. The van der Waals surface area contributed by atoms with Crippen molar-refractivity contribution in [3.63, 3.8) is 0 Å². The van der Waals surface area contributed by atoms with Gasteiger partial charge in [0.05, 0.1) is 12.8 Å². The molecule has 1 heterocycles. The first kappa shape index (κ1) is 10.9. The molecule has 0 saturated heterocycles. The van der Waals surface area contributed by atoms with Gasteiger partial charge in [0.15, 0.2) is 0 Å². The van der Waals surface area contributed by atoms with E-state index in [9.17, 15) is 20.1 Å². The molecule has 1 aliphatic heterocycles. The molecule has 0 radical (unpaired) electrons. The van der Waals surface area contributed by atoms with E-state index in [1.54, 1.807) is 6.07 Å². The fraction of sp³-hybridized carbons (Fsp3) is 0.300. The molecule has 0 fully saturated rings. The molecule has 0 bridgehead atoms. The van der Waals surface area contributed by atoms with Gasteiger partial charge >= 0.3 is 0 Å².